The molecule has 0 bridgehead atoms. The number of methoxy groups -OCH3 is 1. The van der Waals surface area contributed by atoms with Gasteiger partial charge >= 0.3 is 5.97 Å². The van der Waals surface area contributed by atoms with Gasteiger partial charge in [-0.2, -0.15) is 5.10 Å². The van der Waals surface area contributed by atoms with E-state index in [1.54, 1.807) is 6.07 Å². The van der Waals surface area contributed by atoms with Crippen LogP contribution in [0.1, 0.15) is 25.3 Å². The van der Waals surface area contributed by atoms with Gasteiger partial charge in [-0.1, -0.05) is 37.3 Å². The molecule has 0 unspecified atom stereocenters. The first kappa shape index (κ1) is 21.5. The minimum absolute atomic E-state index is 0.265. The van der Waals surface area contributed by atoms with Crippen LogP contribution in [0.4, 0.5) is 5.82 Å². The quantitative estimate of drug-likeness (QED) is 0.691. The second-order valence-corrected chi connectivity index (χ2v) is 7.69. The van der Waals surface area contributed by atoms with Gasteiger partial charge in [-0.3, -0.25) is 9.59 Å². The van der Waals surface area contributed by atoms with Crippen LogP contribution in [0.3, 0.4) is 0 Å². The van der Waals surface area contributed by atoms with E-state index in [1.165, 1.54) is 13.2 Å². The Labute approximate surface area is 175 Å². The molecule has 3 rings (SSSR count). The van der Waals surface area contributed by atoms with Gasteiger partial charge in [-0.15, -0.1) is 0 Å². The maximum Gasteiger partial charge on any atom is 0.328 e. The third kappa shape index (κ3) is 5.68. The molecule has 2 heterocycles. The van der Waals surface area contributed by atoms with Gasteiger partial charge in [-0.25, -0.2) is 9.48 Å². The molecule has 0 aliphatic carbocycles. The summed E-state index contributed by atoms with van der Waals surface area (Å²) in [6.45, 7) is 3.71. The Hall–Kier alpha value is -3.16. The number of nitrogens with zero attached hydrogens (tertiary/aromatic N) is 3. The molecule has 1 N–H and O–H groups in total. The number of carbonyl (C=O) groups is 2. The van der Waals surface area contributed by atoms with Gasteiger partial charge in [0.2, 0.25) is 5.91 Å². The highest BCUT2D eigenvalue weighted by Crippen LogP contribution is 2.20. The van der Waals surface area contributed by atoms with Gasteiger partial charge in [0.15, 0.2) is 0 Å². The van der Waals surface area contributed by atoms with Gasteiger partial charge in [0.05, 0.1) is 7.11 Å². The monoisotopic (exact) mass is 412 g/mol. The largest absolute Gasteiger partial charge is 0.467 e. The summed E-state index contributed by atoms with van der Waals surface area (Å²) in [7, 11) is 1.28. The number of esters is 1. The second-order valence-electron chi connectivity index (χ2n) is 7.69. The van der Waals surface area contributed by atoms with E-state index in [-0.39, 0.29) is 12.1 Å². The maximum absolute atomic E-state index is 12.6. The average molecular weight is 412 g/mol. The number of nitrogens with one attached hydrogen (secondary N) is 1. The number of rotatable bonds is 7. The van der Waals surface area contributed by atoms with E-state index in [1.807, 2.05) is 30.3 Å². The molecule has 1 saturated heterocycles. The second kappa shape index (κ2) is 10.0. The lowest BCUT2D eigenvalue weighted by Gasteiger charge is -2.31. The van der Waals surface area contributed by atoms with Gasteiger partial charge in [0, 0.05) is 25.6 Å². The summed E-state index contributed by atoms with van der Waals surface area (Å²) in [4.78, 5) is 39.1. The fourth-order valence-corrected chi connectivity index (χ4v) is 3.52. The molecule has 0 radical (unpaired) electrons. The molecule has 160 valence electrons. The molecule has 1 aliphatic rings. The van der Waals surface area contributed by atoms with E-state index < -0.39 is 17.9 Å². The zero-order valence-corrected chi connectivity index (χ0v) is 17.4. The Bertz CT molecular complexity index is 920. The Morgan fingerprint density at radius 1 is 1.17 bits per heavy atom. The van der Waals surface area contributed by atoms with Gasteiger partial charge in [-0.05, 0) is 30.4 Å². The molecule has 1 amide bonds. The van der Waals surface area contributed by atoms with Crippen molar-refractivity contribution in [2.24, 2.45) is 5.92 Å². The SMILES string of the molecule is COC(=O)[C@@H](Cc1ccccc1)NC(=O)Cn1nc(N2CCC(C)CC2)ccc1=O. The molecule has 0 spiro atoms. The third-order valence-corrected chi connectivity index (χ3v) is 5.36. The Morgan fingerprint density at radius 2 is 1.87 bits per heavy atom. The number of amides is 1. The number of carbonyl (C=O) groups excluding carboxylic acids is 2. The standard InChI is InChI=1S/C22H28N4O4/c1-16-10-12-25(13-11-16)19-8-9-21(28)26(24-19)15-20(27)23-18(22(29)30-2)14-17-6-4-3-5-7-17/h3-9,16,18H,10-15H2,1-2H3,(H,23,27)/t18-/m1/s1. The van der Waals surface area contributed by atoms with Crippen molar-refractivity contribution in [3.05, 3.63) is 58.4 Å². The molecule has 1 aromatic carbocycles. The molecule has 1 aromatic heterocycles. The van der Waals surface area contributed by atoms with Crippen molar-refractivity contribution in [1.29, 1.82) is 0 Å². The van der Waals surface area contributed by atoms with Crippen LogP contribution >= 0.6 is 0 Å². The minimum Gasteiger partial charge on any atom is -0.467 e. The molecule has 2 aromatic rings. The van der Waals surface area contributed by atoms with Gasteiger partial charge < -0.3 is 15.0 Å². The average Bonchev–Trinajstić information content (AvgIpc) is 2.75. The predicted octanol–water partition coefficient (Wildman–Crippen LogP) is 1.38. The lowest BCUT2D eigenvalue weighted by Crippen LogP contribution is -2.45. The smallest absolute Gasteiger partial charge is 0.328 e. The van der Waals surface area contributed by atoms with Crippen LogP contribution < -0.4 is 15.8 Å². The van der Waals surface area contributed by atoms with Crippen LogP contribution in [0.25, 0.3) is 0 Å². The van der Waals surface area contributed by atoms with Crippen LogP contribution in [-0.4, -0.2) is 47.9 Å². The van der Waals surface area contributed by atoms with Crippen LogP contribution in [0.15, 0.2) is 47.3 Å². The zero-order valence-electron chi connectivity index (χ0n) is 17.4. The number of benzene rings is 1. The fraction of sp³-hybridized carbons (Fsp3) is 0.455. The van der Waals surface area contributed by atoms with Crippen molar-refractivity contribution < 1.29 is 14.3 Å². The molecule has 8 heteroatoms. The number of piperidine rings is 1. The zero-order chi connectivity index (χ0) is 21.5. The first-order valence-electron chi connectivity index (χ1n) is 10.2. The molecule has 1 aliphatic heterocycles. The minimum atomic E-state index is -0.840. The van der Waals surface area contributed by atoms with Crippen LogP contribution in [0.5, 0.6) is 0 Å². The van der Waals surface area contributed by atoms with E-state index in [0.717, 1.165) is 36.2 Å². The lowest BCUT2D eigenvalue weighted by atomic mass is 9.99. The van der Waals surface area contributed by atoms with Gasteiger partial charge in [0.1, 0.15) is 18.4 Å². The molecule has 1 fully saturated rings. The van der Waals surface area contributed by atoms with E-state index in [4.69, 9.17) is 4.74 Å². The van der Waals surface area contributed by atoms with Crippen LogP contribution in [0.2, 0.25) is 0 Å². The number of hydrogen-bond acceptors (Lipinski definition) is 6. The fourth-order valence-electron chi connectivity index (χ4n) is 3.52. The number of ether oxygens (including phenoxy) is 1. The Balaban J connectivity index is 1.68. The summed E-state index contributed by atoms with van der Waals surface area (Å²) >= 11 is 0. The van der Waals surface area contributed by atoms with E-state index in [0.29, 0.717) is 18.2 Å². The summed E-state index contributed by atoms with van der Waals surface area (Å²) < 4.78 is 5.96. The summed E-state index contributed by atoms with van der Waals surface area (Å²) in [5.41, 5.74) is 0.529. The summed E-state index contributed by atoms with van der Waals surface area (Å²) in [5.74, 6) is 0.352. The van der Waals surface area contributed by atoms with Gasteiger partial charge in [0.25, 0.3) is 5.56 Å². The Kier molecular flexibility index (Phi) is 7.21. The molecule has 1 atom stereocenters. The first-order chi connectivity index (χ1) is 14.5. The van der Waals surface area contributed by atoms with E-state index in [9.17, 15) is 14.4 Å². The maximum atomic E-state index is 12.6. The third-order valence-electron chi connectivity index (χ3n) is 5.36. The van der Waals surface area contributed by atoms with Crippen molar-refractivity contribution in [3.63, 3.8) is 0 Å². The van der Waals surface area contributed by atoms with E-state index in [2.05, 4.69) is 22.2 Å². The topological polar surface area (TPSA) is 93.5 Å². The summed E-state index contributed by atoms with van der Waals surface area (Å²) in [5, 5.41) is 7.04. The first-order valence-corrected chi connectivity index (χ1v) is 10.2. The number of hydrogen-bond donors (Lipinski definition) is 1. The molecule has 8 nitrogen and oxygen atoms in total. The predicted molar refractivity (Wildman–Crippen MR) is 113 cm³/mol. The number of anilines is 1. The van der Waals surface area contributed by atoms with Crippen LogP contribution in [0, 0.1) is 5.92 Å². The van der Waals surface area contributed by atoms with Crippen molar-refractivity contribution in [3.8, 4) is 0 Å². The highest BCUT2D eigenvalue weighted by Gasteiger charge is 2.23. The highest BCUT2D eigenvalue weighted by molar-refractivity contribution is 5.84. The Morgan fingerprint density at radius 3 is 2.53 bits per heavy atom. The molecule has 0 saturated carbocycles. The molecular formula is C22H28N4O4. The van der Waals surface area contributed by atoms with Crippen LogP contribution in [-0.2, 0) is 27.3 Å². The van der Waals surface area contributed by atoms with E-state index >= 15 is 0 Å². The van der Waals surface area contributed by atoms with Crippen molar-refractivity contribution in [2.75, 3.05) is 25.1 Å². The summed E-state index contributed by atoms with van der Waals surface area (Å²) in [6, 6.07) is 11.6. The normalized spacial score (nSPS) is 15.5. The van der Waals surface area contributed by atoms with Crippen molar-refractivity contribution in [1.82, 2.24) is 15.1 Å². The lowest BCUT2D eigenvalue weighted by molar-refractivity contribution is -0.145. The highest BCUT2D eigenvalue weighted by atomic mass is 16.5. The number of aromatic nitrogens is 2. The molecule has 30 heavy (non-hydrogen) atoms. The summed E-state index contributed by atoms with van der Waals surface area (Å²) in [6.07, 6.45) is 2.44. The van der Waals surface area contributed by atoms with Crippen molar-refractivity contribution >= 4 is 17.7 Å². The molecular weight excluding hydrogens is 384 g/mol. The van der Waals surface area contributed by atoms with Crippen molar-refractivity contribution in [2.45, 2.75) is 38.8 Å².